The highest BCUT2D eigenvalue weighted by atomic mass is 15.1. The van der Waals surface area contributed by atoms with Gasteiger partial charge in [-0.2, -0.15) is 0 Å². The van der Waals surface area contributed by atoms with Crippen LogP contribution in [0.25, 0.3) is 0 Å². The molecule has 6 nitrogen and oxygen atoms in total. The van der Waals surface area contributed by atoms with Crippen molar-refractivity contribution in [3.8, 4) is 0 Å². The maximum atomic E-state index is 4.90. The molecule has 4 rings (SSSR count). The van der Waals surface area contributed by atoms with E-state index in [2.05, 4.69) is 41.0 Å². The Morgan fingerprint density at radius 1 is 0.962 bits per heavy atom. The summed E-state index contributed by atoms with van der Waals surface area (Å²) in [7, 11) is 0. The predicted molar refractivity (Wildman–Crippen MR) is 101 cm³/mol. The summed E-state index contributed by atoms with van der Waals surface area (Å²) >= 11 is 0. The van der Waals surface area contributed by atoms with Gasteiger partial charge in [0, 0.05) is 63.9 Å². The van der Waals surface area contributed by atoms with Crippen LogP contribution >= 0.6 is 0 Å². The van der Waals surface area contributed by atoms with Gasteiger partial charge < -0.3 is 5.32 Å². The zero-order chi connectivity index (χ0) is 18.1. The van der Waals surface area contributed by atoms with Crippen LogP contribution in [0.3, 0.4) is 0 Å². The van der Waals surface area contributed by atoms with Crippen molar-refractivity contribution in [3.05, 3.63) is 46.6 Å². The fourth-order valence-corrected chi connectivity index (χ4v) is 3.74. The highest BCUT2D eigenvalue weighted by Gasteiger charge is 2.23. The van der Waals surface area contributed by atoms with E-state index in [1.807, 2.05) is 12.4 Å². The summed E-state index contributed by atoms with van der Waals surface area (Å²) in [4.78, 5) is 21.5. The normalized spacial score (nSPS) is 18.5. The average molecular weight is 352 g/mol. The van der Waals surface area contributed by atoms with Crippen LogP contribution in [0.4, 0.5) is 0 Å². The standard InChI is InChI=1S/C20H28N6/c1-13(2)17-9-22-15-5-7-26(12-20(15)25-17)11-14(3)18-10-23-19-8-21-6-4-16(19)24-18/h9-10,13-14,21H,4-8,11-12H2,1-3H3. The number of fused-ring (bicyclic) bond motifs is 2. The minimum Gasteiger partial charge on any atom is -0.311 e. The Balaban J connectivity index is 1.45. The van der Waals surface area contributed by atoms with Crippen molar-refractivity contribution in [2.45, 2.75) is 58.5 Å². The summed E-state index contributed by atoms with van der Waals surface area (Å²) in [5.41, 5.74) is 6.79. The van der Waals surface area contributed by atoms with E-state index >= 15 is 0 Å². The molecule has 0 aliphatic carbocycles. The van der Waals surface area contributed by atoms with Gasteiger partial charge in [0.25, 0.3) is 0 Å². The maximum Gasteiger partial charge on any atom is 0.0762 e. The quantitative estimate of drug-likeness (QED) is 0.910. The highest BCUT2D eigenvalue weighted by molar-refractivity contribution is 5.20. The van der Waals surface area contributed by atoms with E-state index in [-0.39, 0.29) is 0 Å². The lowest BCUT2D eigenvalue weighted by Gasteiger charge is -2.30. The van der Waals surface area contributed by atoms with Crippen molar-refractivity contribution in [1.82, 2.24) is 30.2 Å². The van der Waals surface area contributed by atoms with Crippen LogP contribution in [0, 0.1) is 0 Å². The van der Waals surface area contributed by atoms with Gasteiger partial charge >= 0.3 is 0 Å². The van der Waals surface area contributed by atoms with Crippen LogP contribution < -0.4 is 5.32 Å². The first kappa shape index (κ1) is 17.5. The number of nitrogens with one attached hydrogen (secondary N) is 1. The zero-order valence-electron chi connectivity index (χ0n) is 16.0. The third-order valence-electron chi connectivity index (χ3n) is 5.40. The van der Waals surface area contributed by atoms with E-state index in [0.29, 0.717) is 11.8 Å². The Morgan fingerprint density at radius 3 is 2.58 bits per heavy atom. The Kier molecular flexibility index (Phi) is 4.96. The second-order valence-corrected chi connectivity index (χ2v) is 7.84. The SMILES string of the molecule is CC(C)c1cnc2c(n1)CN(CC(C)c1cnc3c(n1)CCNC3)CC2. The molecule has 2 aliphatic rings. The first-order chi connectivity index (χ1) is 12.6. The Bertz CT molecular complexity index is 788. The van der Waals surface area contributed by atoms with Crippen LogP contribution in [0.2, 0.25) is 0 Å². The molecule has 0 saturated carbocycles. The first-order valence-corrected chi connectivity index (χ1v) is 9.72. The molecule has 1 atom stereocenters. The van der Waals surface area contributed by atoms with Crippen molar-refractivity contribution in [1.29, 1.82) is 0 Å². The van der Waals surface area contributed by atoms with Gasteiger partial charge in [-0.1, -0.05) is 20.8 Å². The van der Waals surface area contributed by atoms with Gasteiger partial charge in [0.15, 0.2) is 0 Å². The molecule has 1 N–H and O–H groups in total. The molecule has 1 unspecified atom stereocenters. The van der Waals surface area contributed by atoms with Crippen LogP contribution in [0.15, 0.2) is 12.4 Å². The van der Waals surface area contributed by atoms with Crippen molar-refractivity contribution in [2.75, 3.05) is 19.6 Å². The average Bonchev–Trinajstić information content (AvgIpc) is 2.67. The maximum absolute atomic E-state index is 4.90. The van der Waals surface area contributed by atoms with E-state index in [1.165, 1.54) is 11.4 Å². The minimum atomic E-state index is 0.366. The van der Waals surface area contributed by atoms with Crippen LogP contribution in [-0.4, -0.2) is 44.5 Å². The zero-order valence-corrected chi connectivity index (χ0v) is 16.0. The number of nitrogens with zero attached hydrogens (tertiary/aromatic N) is 5. The van der Waals surface area contributed by atoms with Gasteiger partial charge in [0.05, 0.1) is 34.2 Å². The topological polar surface area (TPSA) is 66.8 Å². The van der Waals surface area contributed by atoms with Crippen LogP contribution in [-0.2, 0) is 25.9 Å². The van der Waals surface area contributed by atoms with Gasteiger partial charge in [-0.3, -0.25) is 24.8 Å². The van der Waals surface area contributed by atoms with Crippen molar-refractivity contribution in [2.24, 2.45) is 0 Å². The fraction of sp³-hybridized carbons (Fsp3) is 0.600. The molecular formula is C20H28N6. The van der Waals surface area contributed by atoms with Crippen LogP contribution in [0.1, 0.15) is 66.8 Å². The summed E-state index contributed by atoms with van der Waals surface area (Å²) in [5, 5.41) is 3.35. The molecule has 0 amide bonds. The predicted octanol–water partition coefficient (Wildman–Crippen LogP) is 2.20. The molecule has 0 fully saturated rings. The second kappa shape index (κ2) is 7.37. The van der Waals surface area contributed by atoms with Gasteiger partial charge in [-0.25, -0.2) is 0 Å². The molecule has 0 bridgehead atoms. The lowest BCUT2D eigenvalue weighted by molar-refractivity contribution is 0.234. The number of hydrogen-bond acceptors (Lipinski definition) is 6. The molecule has 2 aromatic heterocycles. The summed E-state index contributed by atoms with van der Waals surface area (Å²) in [6, 6.07) is 0. The van der Waals surface area contributed by atoms with Crippen LogP contribution in [0.5, 0.6) is 0 Å². The lowest BCUT2D eigenvalue weighted by atomic mass is 10.0. The summed E-state index contributed by atoms with van der Waals surface area (Å²) in [6.07, 6.45) is 5.87. The third kappa shape index (κ3) is 3.62. The van der Waals surface area contributed by atoms with E-state index in [4.69, 9.17) is 9.97 Å². The van der Waals surface area contributed by atoms with E-state index in [9.17, 15) is 0 Å². The molecule has 26 heavy (non-hydrogen) atoms. The molecule has 0 aromatic carbocycles. The Morgan fingerprint density at radius 2 is 1.73 bits per heavy atom. The fourth-order valence-electron chi connectivity index (χ4n) is 3.74. The van der Waals surface area contributed by atoms with Gasteiger partial charge in [0.2, 0.25) is 0 Å². The van der Waals surface area contributed by atoms with E-state index in [1.54, 1.807) is 0 Å². The summed E-state index contributed by atoms with van der Waals surface area (Å²) < 4.78 is 0. The lowest BCUT2D eigenvalue weighted by Crippen LogP contribution is -2.35. The van der Waals surface area contributed by atoms with Crippen molar-refractivity contribution >= 4 is 0 Å². The Labute approximate surface area is 155 Å². The molecule has 2 aromatic rings. The number of rotatable bonds is 4. The highest BCUT2D eigenvalue weighted by Crippen LogP contribution is 2.22. The molecule has 6 heteroatoms. The monoisotopic (exact) mass is 352 g/mol. The minimum absolute atomic E-state index is 0.366. The number of hydrogen-bond donors (Lipinski definition) is 1. The van der Waals surface area contributed by atoms with E-state index in [0.717, 1.165) is 68.3 Å². The molecular weight excluding hydrogens is 324 g/mol. The van der Waals surface area contributed by atoms with Gasteiger partial charge in [0.1, 0.15) is 0 Å². The summed E-state index contributed by atoms with van der Waals surface area (Å²) in [6.45, 7) is 11.3. The molecule has 0 saturated heterocycles. The third-order valence-corrected chi connectivity index (χ3v) is 5.40. The van der Waals surface area contributed by atoms with Gasteiger partial charge in [-0.15, -0.1) is 0 Å². The van der Waals surface area contributed by atoms with Crippen molar-refractivity contribution in [3.63, 3.8) is 0 Å². The Hall–Kier alpha value is -1.92. The molecule has 138 valence electrons. The molecule has 0 radical (unpaired) electrons. The van der Waals surface area contributed by atoms with Gasteiger partial charge in [-0.05, 0) is 5.92 Å². The molecule has 4 heterocycles. The molecule has 0 spiro atoms. The second-order valence-electron chi connectivity index (χ2n) is 7.84. The summed E-state index contributed by atoms with van der Waals surface area (Å²) in [5.74, 6) is 0.785. The largest absolute Gasteiger partial charge is 0.311 e. The first-order valence-electron chi connectivity index (χ1n) is 9.72. The number of aromatic nitrogens is 4. The smallest absolute Gasteiger partial charge is 0.0762 e. The molecule has 2 aliphatic heterocycles. The van der Waals surface area contributed by atoms with E-state index < -0.39 is 0 Å². The van der Waals surface area contributed by atoms with Crippen molar-refractivity contribution < 1.29 is 0 Å².